The zero-order valence-corrected chi connectivity index (χ0v) is 9.66. The molecule has 0 heteroatoms. The van der Waals surface area contributed by atoms with Crippen LogP contribution in [0.2, 0.25) is 0 Å². The van der Waals surface area contributed by atoms with Gasteiger partial charge in [0.25, 0.3) is 0 Å². The Bertz CT molecular complexity index is 478. The van der Waals surface area contributed by atoms with Crippen LogP contribution in [0.4, 0.5) is 0 Å². The average molecular weight is 219 g/mol. The maximum atomic E-state index is 2.09. The summed E-state index contributed by atoms with van der Waals surface area (Å²) in [6.07, 6.45) is 10.3. The van der Waals surface area contributed by atoms with Crippen LogP contribution in [0.5, 0.6) is 0 Å². The van der Waals surface area contributed by atoms with Gasteiger partial charge in [-0.1, -0.05) is 42.5 Å². The first kappa shape index (κ1) is 11.3. The highest BCUT2D eigenvalue weighted by molar-refractivity contribution is 5.50. The van der Waals surface area contributed by atoms with E-state index in [1.165, 1.54) is 11.1 Å². The summed E-state index contributed by atoms with van der Waals surface area (Å²) in [5.74, 6) is 0. The molecule has 84 valence electrons. The zero-order chi connectivity index (χ0) is 11.8. The molecule has 17 heavy (non-hydrogen) atoms. The molecule has 0 heterocycles. The molecule has 0 fully saturated rings. The van der Waals surface area contributed by atoms with Gasteiger partial charge in [-0.2, -0.15) is 0 Å². The summed E-state index contributed by atoms with van der Waals surface area (Å²) in [6, 6.07) is 20.6. The summed E-state index contributed by atoms with van der Waals surface area (Å²) in [5, 5.41) is 0. The van der Waals surface area contributed by atoms with E-state index in [0.29, 0.717) is 0 Å². The van der Waals surface area contributed by atoms with E-state index < -0.39 is 0 Å². The summed E-state index contributed by atoms with van der Waals surface area (Å²) in [7, 11) is 0. The molecule has 0 unspecified atom stereocenters. The lowest BCUT2D eigenvalue weighted by atomic mass is 10.1. The van der Waals surface area contributed by atoms with E-state index in [-0.39, 0.29) is 0 Å². The molecule has 0 radical (unpaired) electrons. The number of rotatable bonds is 4. The molecule has 0 amide bonds. The summed E-state index contributed by atoms with van der Waals surface area (Å²) < 4.78 is 0. The molecule has 0 saturated carbocycles. The summed E-state index contributed by atoms with van der Waals surface area (Å²) >= 11 is 0. The molecule has 0 bridgehead atoms. The van der Waals surface area contributed by atoms with Crippen molar-refractivity contribution < 1.29 is 0 Å². The van der Waals surface area contributed by atoms with Gasteiger partial charge in [0.05, 0.1) is 0 Å². The summed E-state index contributed by atoms with van der Waals surface area (Å²) in [6.45, 7) is 0. The fraction of sp³-hybridized carbons (Fsp3) is 0. The standard InChI is InChI=1S/C17H15/c1-4-10-16(11-5-1)14-8-3-9-15-17-12-6-2-7-13-17/h1-15H/q-1/b8-3+,15-9+. The largest absolute Gasteiger partial charge is 0.148 e. The Morgan fingerprint density at radius 1 is 0.706 bits per heavy atom. The van der Waals surface area contributed by atoms with Crippen molar-refractivity contribution in [2.24, 2.45) is 0 Å². The molecule has 0 aliphatic heterocycles. The molecule has 0 aliphatic rings. The second kappa shape index (κ2) is 6.39. The maximum Gasteiger partial charge on any atom is -0.0265 e. The molecule has 2 aromatic rings. The highest BCUT2D eigenvalue weighted by Gasteiger charge is 1.79. The highest BCUT2D eigenvalue weighted by Crippen LogP contribution is 2.04. The third kappa shape index (κ3) is 4.04. The molecule has 0 saturated heterocycles. The van der Waals surface area contributed by atoms with E-state index in [2.05, 4.69) is 48.9 Å². The first-order valence-corrected chi connectivity index (χ1v) is 5.73. The zero-order valence-electron chi connectivity index (χ0n) is 9.66. The molecule has 0 aliphatic carbocycles. The minimum atomic E-state index is 1.22. The molecule has 0 N–H and O–H groups in total. The Morgan fingerprint density at radius 2 is 1.35 bits per heavy atom. The predicted molar refractivity (Wildman–Crippen MR) is 74.5 cm³/mol. The smallest absolute Gasteiger partial charge is 0.0265 e. The molecular weight excluding hydrogens is 204 g/mol. The quantitative estimate of drug-likeness (QED) is 0.524. The van der Waals surface area contributed by atoms with Crippen molar-refractivity contribution in [3.8, 4) is 0 Å². The van der Waals surface area contributed by atoms with Crippen LogP contribution in [-0.4, -0.2) is 0 Å². The van der Waals surface area contributed by atoms with Crippen LogP contribution in [0.15, 0.2) is 78.9 Å². The van der Waals surface area contributed by atoms with E-state index in [1.807, 2.05) is 42.5 Å². The van der Waals surface area contributed by atoms with Crippen LogP contribution < -0.4 is 0 Å². The lowest BCUT2D eigenvalue weighted by Crippen LogP contribution is -1.74. The van der Waals surface area contributed by atoms with Gasteiger partial charge in [0.2, 0.25) is 0 Å². The first-order valence-electron chi connectivity index (χ1n) is 5.73. The fourth-order valence-corrected chi connectivity index (χ4v) is 1.53. The third-order valence-corrected chi connectivity index (χ3v) is 2.40. The normalized spacial score (nSPS) is 11.1. The SMILES string of the molecule is C(/C=C/c1ccccc1)=C\[CH-]c1ccccc1. The topological polar surface area (TPSA) is 0 Å². The van der Waals surface area contributed by atoms with Crippen LogP contribution in [0, 0.1) is 6.42 Å². The van der Waals surface area contributed by atoms with E-state index >= 15 is 0 Å². The van der Waals surface area contributed by atoms with Gasteiger partial charge in [-0.15, -0.1) is 54.5 Å². The monoisotopic (exact) mass is 219 g/mol. The lowest BCUT2D eigenvalue weighted by molar-refractivity contribution is 1.52. The van der Waals surface area contributed by atoms with E-state index in [0.717, 1.165) is 0 Å². The minimum Gasteiger partial charge on any atom is -0.148 e. The van der Waals surface area contributed by atoms with Gasteiger partial charge in [0.15, 0.2) is 0 Å². The van der Waals surface area contributed by atoms with E-state index in [4.69, 9.17) is 0 Å². The van der Waals surface area contributed by atoms with Crippen molar-refractivity contribution in [3.05, 3.63) is 96.4 Å². The molecule has 2 aromatic carbocycles. The van der Waals surface area contributed by atoms with Crippen LogP contribution in [0.1, 0.15) is 11.1 Å². The summed E-state index contributed by atoms with van der Waals surface area (Å²) in [5.41, 5.74) is 2.44. The van der Waals surface area contributed by atoms with Gasteiger partial charge in [-0.05, 0) is 5.56 Å². The number of allylic oxidation sites excluding steroid dienone is 3. The Labute approximate surface area is 103 Å². The van der Waals surface area contributed by atoms with Gasteiger partial charge >= 0.3 is 0 Å². The Morgan fingerprint density at radius 3 is 2.06 bits per heavy atom. The Balaban J connectivity index is 1.85. The molecule has 0 atom stereocenters. The van der Waals surface area contributed by atoms with Crippen LogP contribution in [-0.2, 0) is 0 Å². The van der Waals surface area contributed by atoms with Crippen molar-refractivity contribution in [3.63, 3.8) is 0 Å². The third-order valence-electron chi connectivity index (χ3n) is 2.40. The van der Waals surface area contributed by atoms with Crippen molar-refractivity contribution in [1.82, 2.24) is 0 Å². The Hall–Kier alpha value is -2.21. The van der Waals surface area contributed by atoms with E-state index in [9.17, 15) is 0 Å². The van der Waals surface area contributed by atoms with Crippen molar-refractivity contribution in [2.45, 2.75) is 0 Å². The van der Waals surface area contributed by atoms with Crippen LogP contribution >= 0.6 is 0 Å². The molecular formula is C17H15-. The highest BCUT2D eigenvalue weighted by atomic mass is 13.9. The second-order valence-electron chi connectivity index (χ2n) is 3.73. The molecule has 0 nitrogen and oxygen atoms in total. The van der Waals surface area contributed by atoms with Gasteiger partial charge in [-0.25, -0.2) is 0 Å². The van der Waals surface area contributed by atoms with E-state index in [1.54, 1.807) is 0 Å². The number of benzene rings is 2. The van der Waals surface area contributed by atoms with Crippen molar-refractivity contribution in [1.29, 1.82) is 0 Å². The lowest BCUT2D eigenvalue weighted by Gasteiger charge is -2.01. The predicted octanol–water partition coefficient (Wildman–Crippen LogP) is 4.51. The van der Waals surface area contributed by atoms with Crippen LogP contribution in [0.3, 0.4) is 0 Å². The molecule has 0 aromatic heterocycles. The fourth-order valence-electron chi connectivity index (χ4n) is 1.53. The van der Waals surface area contributed by atoms with Crippen molar-refractivity contribution in [2.75, 3.05) is 0 Å². The maximum absolute atomic E-state index is 2.09. The van der Waals surface area contributed by atoms with Crippen molar-refractivity contribution >= 4 is 6.08 Å². The van der Waals surface area contributed by atoms with Gasteiger partial charge in [0.1, 0.15) is 0 Å². The average Bonchev–Trinajstić information content (AvgIpc) is 2.41. The second-order valence-corrected chi connectivity index (χ2v) is 3.73. The van der Waals surface area contributed by atoms with Crippen LogP contribution in [0.25, 0.3) is 6.08 Å². The first-order chi connectivity index (χ1) is 8.45. The number of hydrogen-bond acceptors (Lipinski definition) is 0. The molecule has 0 spiro atoms. The summed E-state index contributed by atoms with van der Waals surface area (Å²) in [4.78, 5) is 0. The molecule has 2 rings (SSSR count). The Kier molecular flexibility index (Phi) is 4.24. The van der Waals surface area contributed by atoms with Gasteiger partial charge in [-0.3, -0.25) is 0 Å². The number of hydrogen-bond donors (Lipinski definition) is 0. The van der Waals surface area contributed by atoms with Gasteiger partial charge < -0.3 is 0 Å². The minimum absolute atomic E-state index is 1.22. The van der Waals surface area contributed by atoms with Gasteiger partial charge in [0, 0.05) is 0 Å².